The normalized spacial score (nSPS) is 9.95. The SMILES string of the molecule is CN(Cc1ccc(C#N)cc1)c1cc(Cl)nc(N)n1. The van der Waals surface area contributed by atoms with Crippen LogP contribution in [0.1, 0.15) is 11.1 Å². The molecular weight excluding hydrogens is 262 g/mol. The molecule has 0 saturated carbocycles. The first-order chi connectivity index (χ1) is 9.08. The molecule has 0 bridgehead atoms. The van der Waals surface area contributed by atoms with Crippen molar-refractivity contribution in [3.8, 4) is 6.07 Å². The molecule has 0 spiro atoms. The predicted octanol–water partition coefficient (Wildman–Crippen LogP) is 2.22. The van der Waals surface area contributed by atoms with E-state index in [1.807, 2.05) is 24.1 Å². The Kier molecular flexibility index (Phi) is 3.83. The van der Waals surface area contributed by atoms with Crippen LogP contribution in [0.25, 0.3) is 0 Å². The van der Waals surface area contributed by atoms with Crippen LogP contribution < -0.4 is 10.6 Å². The van der Waals surface area contributed by atoms with Crippen LogP contribution in [0, 0.1) is 11.3 Å². The van der Waals surface area contributed by atoms with E-state index in [0.717, 1.165) is 5.56 Å². The number of benzene rings is 1. The Morgan fingerprint density at radius 1 is 1.32 bits per heavy atom. The number of nitrogens with zero attached hydrogens (tertiary/aromatic N) is 4. The van der Waals surface area contributed by atoms with Crippen molar-refractivity contribution in [1.82, 2.24) is 9.97 Å². The van der Waals surface area contributed by atoms with Crippen molar-refractivity contribution < 1.29 is 0 Å². The lowest BCUT2D eigenvalue weighted by atomic mass is 10.1. The molecule has 2 N–H and O–H groups in total. The van der Waals surface area contributed by atoms with Crippen molar-refractivity contribution in [1.29, 1.82) is 5.26 Å². The number of rotatable bonds is 3. The Morgan fingerprint density at radius 2 is 2.00 bits per heavy atom. The van der Waals surface area contributed by atoms with Crippen LogP contribution in [0.3, 0.4) is 0 Å². The lowest BCUT2D eigenvalue weighted by molar-refractivity contribution is 0.893. The Labute approximate surface area is 116 Å². The third kappa shape index (κ3) is 3.33. The van der Waals surface area contributed by atoms with E-state index in [0.29, 0.717) is 23.1 Å². The molecule has 0 aliphatic carbocycles. The standard InChI is InChI=1S/C13H12ClN5/c1-19(12-6-11(14)17-13(16)18-12)8-10-4-2-9(7-15)3-5-10/h2-6H,8H2,1H3,(H2,16,17,18). The molecule has 0 atom stereocenters. The number of nitrogen functional groups attached to an aromatic ring is 1. The molecule has 0 unspecified atom stereocenters. The maximum atomic E-state index is 8.74. The van der Waals surface area contributed by atoms with E-state index in [1.165, 1.54) is 0 Å². The van der Waals surface area contributed by atoms with Gasteiger partial charge < -0.3 is 10.6 Å². The molecule has 6 heteroatoms. The number of nitrogens with two attached hydrogens (primary N) is 1. The monoisotopic (exact) mass is 273 g/mol. The van der Waals surface area contributed by atoms with Crippen LogP contribution in [0.15, 0.2) is 30.3 Å². The first-order valence-corrected chi connectivity index (χ1v) is 5.96. The molecule has 1 heterocycles. The summed E-state index contributed by atoms with van der Waals surface area (Å²) in [5.74, 6) is 0.802. The third-order valence-electron chi connectivity index (χ3n) is 2.59. The molecule has 5 nitrogen and oxygen atoms in total. The summed E-state index contributed by atoms with van der Waals surface area (Å²) in [4.78, 5) is 9.84. The Balaban J connectivity index is 2.15. The smallest absolute Gasteiger partial charge is 0.223 e. The summed E-state index contributed by atoms with van der Waals surface area (Å²) in [6.45, 7) is 0.637. The van der Waals surface area contributed by atoms with Gasteiger partial charge in [-0.25, -0.2) is 4.98 Å². The van der Waals surface area contributed by atoms with Crippen molar-refractivity contribution >= 4 is 23.4 Å². The number of aromatic nitrogens is 2. The predicted molar refractivity (Wildman–Crippen MR) is 74.7 cm³/mol. The van der Waals surface area contributed by atoms with Gasteiger partial charge in [0.25, 0.3) is 0 Å². The zero-order valence-corrected chi connectivity index (χ0v) is 11.1. The highest BCUT2D eigenvalue weighted by molar-refractivity contribution is 6.29. The van der Waals surface area contributed by atoms with E-state index in [-0.39, 0.29) is 5.95 Å². The van der Waals surface area contributed by atoms with E-state index in [1.54, 1.807) is 18.2 Å². The largest absolute Gasteiger partial charge is 0.368 e. The molecule has 96 valence electrons. The average molecular weight is 274 g/mol. The molecule has 19 heavy (non-hydrogen) atoms. The van der Waals surface area contributed by atoms with Crippen LogP contribution in [-0.4, -0.2) is 17.0 Å². The molecule has 2 aromatic rings. The van der Waals surface area contributed by atoms with Gasteiger partial charge in [-0.1, -0.05) is 23.7 Å². The highest BCUT2D eigenvalue weighted by Crippen LogP contribution is 2.18. The van der Waals surface area contributed by atoms with Crippen LogP contribution >= 0.6 is 11.6 Å². The van der Waals surface area contributed by atoms with Gasteiger partial charge in [-0.3, -0.25) is 0 Å². The number of anilines is 2. The minimum atomic E-state index is 0.147. The molecular formula is C13H12ClN5. The molecule has 0 amide bonds. The second-order valence-corrected chi connectivity index (χ2v) is 4.46. The van der Waals surface area contributed by atoms with Crippen LogP contribution in [0.5, 0.6) is 0 Å². The topological polar surface area (TPSA) is 78.8 Å². The summed E-state index contributed by atoms with van der Waals surface area (Å²) in [7, 11) is 1.89. The Hall–Kier alpha value is -2.32. The highest BCUT2D eigenvalue weighted by atomic mass is 35.5. The van der Waals surface area contributed by atoms with Crippen molar-refractivity contribution in [2.45, 2.75) is 6.54 Å². The quantitative estimate of drug-likeness (QED) is 0.868. The van der Waals surface area contributed by atoms with E-state index in [9.17, 15) is 0 Å². The zero-order valence-electron chi connectivity index (χ0n) is 10.3. The van der Waals surface area contributed by atoms with Crippen LogP contribution in [0.4, 0.5) is 11.8 Å². The summed E-state index contributed by atoms with van der Waals surface area (Å²) in [5.41, 5.74) is 7.26. The Bertz CT molecular complexity index is 598. The Morgan fingerprint density at radius 3 is 2.58 bits per heavy atom. The number of hydrogen-bond donors (Lipinski definition) is 1. The van der Waals surface area contributed by atoms with Gasteiger partial charge in [0, 0.05) is 19.7 Å². The van der Waals surface area contributed by atoms with Gasteiger partial charge in [-0.05, 0) is 17.7 Å². The fraction of sp³-hybridized carbons (Fsp3) is 0.154. The summed E-state index contributed by atoms with van der Waals surface area (Å²) in [5, 5.41) is 9.06. The van der Waals surface area contributed by atoms with Gasteiger partial charge in [0.15, 0.2) is 0 Å². The van der Waals surface area contributed by atoms with Gasteiger partial charge in [0.2, 0.25) is 5.95 Å². The molecule has 0 radical (unpaired) electrons. The van der Waals surface area contributed by atoms with E-state index in [4.69, 9.17) is 22.6 Å². The fourth-order valence-electron chi connectivity index (χ4n) is 1.66. The second kappa shape index (κ2) is 5.55. The van der Waals surface area contributed by atoms with E-state index >= 15 is 0 Å². The summed E-state index contributed by atoms with van der Waals surface area (Å²) < 4.78 is 0. The van der Waals surface area contributed by atoms with Gasteiger partial charge in [0.05, 0.1) is 11.6 Å². The molecule has 1 aromatic heterocycles. The molecule has 2 rings (SSSR count). The van der Waals surface area contributed by atoms with Crippen LogP contribution in [-0.2, 0) is 6.54 Å². The summed E-state index contributed by atoms with van der Waals surface area (Å²) in [6.07, 6.45) is 0. The van der Waals surface area contributed by atoms with Gasteiger partial charge in [-0.2, -0.15) is 10.2 Å². The van der Waals surface area contributed by atoms with Gasteiger partial charge >= 0.3 is 0 Å². The highest BCUT2D eigenvalue weighted by Gasteiger charge is 2.07. The molecule has 0 aliphatic rings. The lowest BCUT2D eigenvalue weighted by Crippen LogP contribution is -2.18. The first-order valence-electron chi connectivity index (χ1n) is 5.59. The maximum absolute atomic E-state index is 8.74. The van der Waals surface area contributed by atoms with E-state index in [2.05, 4.69) is 16.0 Å². The molecule has 0 fully saturated rings. The van der Waals surface area contributed by atoms with Gasteiger partial charge in [0.1, 0.15) is 11.0 Å². The molecule has 1 aromatic carbocycles. The van der Waals surface area contributed by atoms with Crippen molar-refractivity contribution in [3.05, 3.63) is 46.6 Å². The van der Waals surface area contributed by atoms with Crippen molar-refractivity contribution in [2.24, 2.45) is 0 Å². The lowest BCUT2D eigenvalue weighted by Gasteiger charge is -2.18. The average Bonchev–Trinajstić information content (AvgIpc) is 2.38. The number of hydrogen-bond acceptors (Lipinski definition) is 5. The molecule has 0 saturated heterocycles. The number of halogens is 1. The number of nitriles is 1. The minimum absolute atomic E-state index is 0.147. The fourth-order valence-corrected chi connectivity index (χ4v) is 1.84. The second-order valence-electron chi connectivity index (χ2n) is 4.07. The van der Waals surface area contributed by atoms with Gasteiger partial charge in [-0.15, -0.1) is 0 Å². The van der Waals surface area contributed by atoms with Crippen LogP contribution in [0.2, 0.25) is 5.15 Å². The maximum Gasteiger partial charge on any atom is 0.223 e. The summed E-state index contributed by atoms with van der Waals surface area (Å²) in [6, 6.07) is 11.1. The van der Waals surface area contributed by atoms with Crippen molar-refractivity contribution in [3.63, 3.8) is 0 Å². The minimum Gasteiger partial charge on any atom is -0.368 e. The summed E-state index contributed by atoms with van der Waals surface area (Å²) >= 11 is 5.84. The molecule has 0 aliphatic heterocycles. The van der Waals surface area contributed by atoms with E-state index < -0.39 is 0 Å². The zero-order chi connectivity index (χ0) is 13.8. The van der Waals surface area contributed by atoms with Crippen molar-refractivity contribution in [2.75, 3.05) is 17.7 Å². The third-order valence-corrected chi connectivity index (χ3v) is 2.79. The first kappa shape index (κ1) is 13.1.